The number of nitrogens with zero attached hydrogens (tertiary/aromatic N) is 2. The van der Waals surface area contributed by atoms with Crippen LogP contribution >= 0.6 is 0 Å². The van der Waals surface area contributed by atoms with Crippen molar-refractivity contribution in [2.24, 2.45) is 7.05 Å². The van der Waals surface area contributed by atoms with E-state index in [0.29, 0.717) is 0 Å². The van der Waals surface area contributed by atoms with Gasteiger partial charge in [-0.1, -0.05) is 0 Å². The summed E-state index contributed by atoms with van der Waals surface area (Å²) in [4.78, 5) is -0.688. The van der Waals surface area contributed by atoms with Gasteiger partial charge in [0.15, 0.2) is 17.9 Å². The van der Waals surface area contributed by atoms with Crippen LogP contribution in [0.15, 0.2) is 23.2 Å². The zero-order valence-electron chi connectivity index (χ0n) is 14.6. The average Bonchev–Trinajstić information content (AvgIpc) is 2.85. The molecule has 0 saturated heterocycles. The molecule has 0 aliphatic heterocycles. The molecule has 2 rings (SSSR count). The van der Waals surface area contributed by atoms with Gasteiger partial charge < -0.3 is 15.0 Å². The van der Waals surface area contributed by atoms with Gasteiger partial charge in [0, 0.05) is 19.3 Å². The van der Waals surface area contributed by atoms with Crippen molar-refractivity contribution in [2.75, 3.05) is 5.32 Å². The lowest BCUT2D eigenvalue weighted by molar-refractivity contribution is 0.193. The van der Waals surface area contributed by atoms with E-state index < -0.39 is 61.6 Å². The van der Waals surface area contributed by atoms with Gasteiger partial charge in [0.2, 0.25) is 10.0 Å². The van der Waals surface area contributed by atoms with E-state index in [9.17, 15) is 26.7 Å². The number of benzene rings is 1. The monoisotopic (exact) mass is 402 g/mol. The highest BCUT2D eigenvalue weighted by Gasteiger charge is 2.29. The largest absolute Gasteiger partial charge is 0.368 e. The molecule has 0 aliphatic rings. The van der Waals surface area contributed by atoms with Crippen molar-refractivity contribution in [1.29, 1.82) is 5.26 Å². The first-order chi connectivity index (χ1) is 12.5. The molecule has 0 aliphatic carbocycles. The Morgan fingerprint density at radius 2 is 1.85 bits per heavy atom. The first-order valence-corrected chi connectivity index (χ1v) is 9.17. The van der Waals surface area contributed by atoms with Gasteiger partial charge in [-0.05, 0) is 26.0 Å². The second-order valence-electron chi connectivity index (χ2n) is 6.02. The first kappa shape index (κ1) is 20.8. The van der Waals surface area contributed by atoms with Crippen molar-refractivity contribution < 1.29 is 26.7 Å². The molecule has 1 aromatic heterocycles. The highest BCUT2D eigenvalue weighted by molar-refractivity contribution is 7.89. The van der Waals surface area contributed by atoms with Crippen molar-refractivity contribution in [3.8, 4) is 6.07 Å². The van der Waals surface area contributed by atoms with Crippen LogP contribution in [0.2, 0.25) is 0 Å². The number of aromatic nitrogens is 1. The summed E-state index contributed by atoms with van der Waals surface area (Å²) >= 11 is 0. The normalized spacial score (nSPS) is 12.9. The summed E-state index contributed by atoms with van der Waals surface area (Å²) < 4.78 is 69.7. The van der Waals surface area contributed by atoms with E-state index in [-0.39, 0.29) is 0 Å². The number of sulfonamides is 1. The van der Waals surface area contributed by atoms with Crippen LogP contribution in [0.25, 0.3) is 0 Å². The predicted molar refractivity (Wildman–Crippen MR) is 90.5 cm³/mol. The zero-order chi connectivity index (χ0) is 20.5. The lowest BCUT2D eigenvalue weighted by Crippen LogP contribution is -2.30. The molecule has 0 bridgehead atoms. The van der Waals surface area contributed by atoms with Gasteiger partial charge in [0.05, 0.1) is 5.69 Å². The molecule has 0 spiro atoms. The van der Waals surface area contributed by atoms with Crippen LogP contribution in [-0.2, 0) is 17.1 Å². The van der Waals surface area contributed by atoms with Crippen molar-refractivity contribution in [1.82, 2.24) is 9.29 Å². The third-order valence-corrected chi connectivity index (χ3v) is 5.21. The maximum absolute atomic E-state index is 14.7. The summed E-state index contributed by atoms with van der Waals surface area (Å²) in [6.07, 6.45) is -0.911. The Balaban J connectivity index is 2.42. The Hall–Kier alpha value is -2.55. The second-order valence-corrected chi connectivity index (χ2v) is 7.70. The first-order valence-electron chi connectivity index (χ1n) is 7.69. The Bertz CT molecular complexity index is 1010. The minimum Gasteiger partial charge on any atom is -0.368 e. The lowest BCUT2D eigenvalue weighted by atomic mass is 10.2. The Morgan fingerprint density at radius 3 is 2.41 bits per heavy atom. The van der Waals surface area contributed by atoms with Crippen molar-refractivity contribution in [3.05, 3.63) is 47.0 Å². The number of hydrogen-bond acceptors (Lipinski definition) is 5. The molecule has 1 aromatic carbocycles. The van der Waals surface area contributed by atoms with E-state index in [2.05, 4.69) is 10.0 Å². The van der Waals surface area contributed by atoms with Crippen molar-refractivity contribution in [2.45, 2.75) is 31.0 Å². The van der Waals surface area contributed by atoms with Crippen LogP contribution in [-0.4, -0.2) is 24.1 Å². The highest BCUT2D eigenvalue weighted by atomic mass is 32.2. The third kappa shape index (κ3) is 4.08. The smallest absolute Gasteiger partial charge is 0.245 e. The fourth-order valence-corrected chi connectivity index (χ4v) is 3.82. The topological polar surface area (TPSA) is 107 Å². The Kier molecular flexibility index (Phi) is 5.84. The number of aliphatic hydroxyl groups is 1. The van der Waals surface area contributed by atoms with E-state index in [1.807, 2.05) is 0 Å². The van der Waals surface area contributed by atoms with Crippen LogP contribution < -0.4 is 10.0 Å². The fourth-order valence-electron chi connectivity index (χ4n) is 2.44. The second kappa shape index (κ2) is 7.59. The van der Waals surface area contributed by atoms with Crippen molar-refractivity contribution >= 4 is 15.7 Å². The lowest BCUT2D eigenvalue weighted by Gasteiger charge is -2.16. The minimum atomic E-state index is -4.17. The summed E-state index contributed by atoms with van der Waals surface area (Å²) in [6.45, 7) is 3.11. The molecule has 1 heterocycles. The summed E-state index contributed by atoms with van der Waals surface area (Å²) in [7, 11) is -2.88. The summed E-state index contributed by atoms with van der Waals surface area (Å²) in [5.74, 6) is -3.58. The standard InChI is InChI=1S/C16H17F3N4O3S/c1-8(2)22-27(25,26)12-7-23(3)15(14(12)19)16(24)21-11-5-4-10(17)9(6-20)13(11)18/h4-5,7-8,16,21-22,24H,1-3H3. The van der Waals surface area contributed by atoms with Crippen LogP contribution in [0.4, 0.5) is 18.9 Å². The number of aliphatic hydroxyl groups excluding tert-OH is 1. The molecule has 0 amide bonds. The van der Waals surface area contributed by atoms with E-state index in [1.165, 1.54) is 13.1 Å². The average molecular weight is 402 g/mol. The molecule has 0 radical (unpaired) electrons. The van der Waals surface area contributed by atoms with Crippen molar-refractivity contribution in [3.63, 3.8) is 0 Å². The van der Waals surface area contributed by atoms with Gasteiger partial charge in [-0.3, -0.25) is 0 Å². The molecule has 0 fully saturated rings. The van der Waals surface area contributed by atoms with E-state index >= 15 is 0 Å². The number of anilines is 1. The molecule has 7 nitrogen and oxygen atoms in total. The molecule has 1 atom stereocenters. The quantitative estimate of drug-likeness (QED) is 0.642. The zero-order valence-corrected chi connectivity index (χ0v) is 15.4. The molecule has 27 heavy (non-hydrogen) atoms. The summed E-state index contributed by atoms with van der Waals surface area (Å²) in [6, 6.07) is 2.59. The van der Waals surface area contributed by atoms with Crippen LogP contribution in [0.5, 0.6) is 0 Å². The number of aryl methyl sites for hydroxylation is 1. The molecule has 146 valence electrons. The van der Waals surface area contributed by atoms with E-state index in [1.54, 1.807) is 13.8 Å². The number of nitrogens with one attached hydrogen (secondary N) is 2. The fraction of sp³-hybridized carbons (Fsp3) is 0.312. The minimum absolute atomic E-state index is 0.453. The van der Waals surface area contributed by atoms with Crippen LogP contribution in [0.1, 0.15) is 31.3 Å². The van der Waals surface area contributed by atoms with Crippen LogP contribution in [0.3, 0.4) is 0 Å². The molecule has 3 N–H and O–H groups in total. The SMILES string of the molecule is CC(C)NS(=O)(=O)c1cn(C)c(C(O)Nc2ccc(F)c(C#N)c2F)c1F. The van der Waals surface area contributed by atoms with Gasteiger partial charge in [0.25, 0.3) is 0 Å². The number of hydrogen-bond donors (Lipinski definition) is 3. The van der Waals surface area contributed by atoms with Gasteiger partial charge in [-0.2, -0.15) is 5.26 Å². The third-order valence-electron chi connectivity index (χ3n) is 3.57. The molecule has 1 unspecified atom stereocenters. The summed E-state index contributed by atoms with van der Waals surface area (Å²) in [5.41, 5.74) is -1.81. The van der Waals surface area contributed by atoms with Gasteiger partial charge in [-0.15, -0.1) is 0 Å². The van der Waals surface area contributed by atoms with Gasteiger partial charge in [0.1, 0.15) is 28.0 Å². The van der Waals surface area contributed by atoms with Gasteiger partial charge in [-0.25, -0.2) is 26.3 Å². The summed E-state index contributed by atoms with van der Waals surface area (Å²) in [5, 5.41) is 21.2. The van der Waals surface area contributed by atoms with Crippen LogP contribution in [0, 0.1) is 28.8 Å². The van der Waals surface area contributed by atoms with E-state index in [0.717, 1.165) is 22.9 Å². The number of rotatable bonds is 6. The maximum Gasteiger partial charge on any atom is 0.245 e. The molecule has 11 heteroatoms. The molecule has 2 aromatic rings. The Labute approximate surface area is 154 Å². The van der Waals surface area contributed by atoms with E-state index in [4.69, 9.17) is 5.26 Å². The molecular formula is C16H17F3N4O3S. The number of halogens is 3. The molecule has 0 saturated carbocycles. The Morgan fingerprint density at radius 1 is 1.22 bits per heavy atom. The maximum atomic E-state index is 14.7. The highest BCUT2D eigenvalue weighted by Crippen LogP contribution is 2.28. The molecular weight excluding hydrogens is 385 g/mol. The predicted octanol–water partition coefficient (Wildman–Crippen LogP) is 2.10. The van der Waals surface area contributed by atoms with Gasteiger partial charge >= 0.3 is 0 Å². The number of nitriles is 1.